The van der Waals surface area contributed by atoms with Crippen LogP contribution < -0.4 is 15.5 Å². The molecule has 0 bridgehead atoms. The van der Waals surface area contributed by atoms with Crippen LogP contribution in [-0.4, -0.2) is 31.6 Å². The summed E-state index contributed by atoms with van der Waals surface area (Å²) in [6, 6.07) is 8.96. The molecule has 6 nitrogen and oxygen atoms in total. The number of hydrogen-bond acceptors (Lipinski definition) is 4. The van der Waals surface area contributed by atoms with Crippen molar-refractivity contribution in [1.29, 1.82) is 0 Å². The van der Waals surface area contributed by atoms with Crippen LogP contribution in [0.15, 0.2) is 30.3 Å². The maximum Gasteiger partial charge on any atom is 0.262 e. The van der Waals surface area contributed by atoms with Gasteiger partial charge < -0.3 is 10.1 Å². The van der Waals surface area contributed by atoms with Gasteiger partial charge in [-0.2, -0.15) is 0 Å². The molecule has 0 aliphatic heterocycles. The molecule has 0 fully saturated rings. The van der Waals surface area contributed by atoms with E-state index in [0.717, 1.165) is 0 Å². The van der Waals surface area contributed by atoms with E-state index in [1.165, 1.54) is 0 Å². The van der Waals surface area contributed by atoms with Crippen molar-refractivity contribution < 1.29 is 19.2 Å². The van der Waals surface area contributed by atoms with Gasteiger partial charge in [0.1, 0.15) is 5.75 Å². The van der Waals surface area contributed by atoms with Gasteiger partial charge in [0.15, 0.2) is 6.61 Å². The highest BCUT2D eigenvalue weighted by atomic mass is 16.6. The SMILES string of the molecule is CCONC(=O)CNC(=O)COc1ccccc1. The van der Waals surface area contributed by atoms with Crippen molar-refractivity contribution in [2.24, 2.45) is 0 Å². The van der Waals surface area contributed by atoms with E-state index in [1.54, 1.807) is 19.1 Å². The fourth-order valence-corrected chi connectivity index (χ4v) is 1.08. The smallest absolute Gasteiger partial charge is 0.262 e. The van der Waals surface area contributed by atoms with Crippen molar-refractivity contribution >= 4 is 11.8 Å². The van der Waals surface area contributed by atoms with Crippen molar-refractivity contribution in [3.05, 3.63) is 30.3 Å². The van der Waals surface area contributed by atoms with Crippen LogP contribution in [0.4, 0.5) is 0 Å². The van der Waals surface area contributed by atoms with Crippen LogP contribution in [0, 0.1) is 0 Å². The number of amides is 2. The predicted octanol–water partition coefficient (Wildman–Crippen LogP) is 0.249. The topological polar surface area (TPSA) is 76.7 Å². The highest BCUT2D eigenvalue weighted by Crippen LogP contribution is 2.07. The van der Waals surface area contributed by atoms with Crippen molar-refractivity contribution in [2.75, 3.05) is 19.8 Å². The van der Waals surface area contributed by atoms with Gasteiger partial charge in [0.25, 0.3) is 11.8 Å². The first-order valence-electron chi connectivity index (χ1n) is 5.57. The van der Waals surface area contributed by atoms with Crippen LogP contribution in [0.3, 0.4) is 0 Å². The fourth-order valence-electron chi connectivity index (χ4n) is 1.08. The summed E-state index contributed by atoms with van der Waals surface area (Å²) >= 11 is 0. The number of ether oxygens (including phenoxy) is 1. The number of para-hydroxylation sites is 1. The van der Waals surface area contributed by atoms with Gasteiger partial charge in [-0.25, -0.2) is 5.48 Å². The third-order valence-electron chi connectivity index (χ3n) is 1.89. The third-order valence-corrected chi connectivity index (χ3v) is 1.89. The van der Waals surface area contributed by atoms with Crippen LogP contribution >= 0.6 is 0 Å². The fraction of sp³-hybridized carbons (Fsp3) is 0.333. The van der Waals surface area contributed by atoms with Crippen LogP contribution in [-0.2, 0) is 14.4 Å². The van der Waals surface area contributed by atoms with E-state index in [0.29, 0.717) is 12.4 Å². The first kappa shape index (κ1) is 14.0. The van der Waals surface area contributed by atoms with Gasteiger partial charge in [-0.1, -0.05) is 18.2 Å². The Hall–Kier alpha value is -2.08. The molecule has 1 rings (SSSR count). The zero-order valence-electron chi connectivity index (χ0n) is 10.1. The van der Waals surface area contributed by atoms with E-state index in [2.05, 4.69) is 15.6 Å². The van der Waals surface area contributed by atoms with Crippen molar-refractivity contribution in [3.63, 3.8) is 0 Å². The number of carbonyl (C=O) groups is 2. The predicted molar refractivity (Wildman–Crippen MR) is 64.7 cm³/mol. The highest BCUT2D eigenvalue weighted by Gasteiger charge is 2.05. The standard InChI is InChI=1S/C12H16N2O4/c1-2-18-14-11(15)8-13-12(16)9-17-10-6-4-3-5-7-10/h3-7H,2,8-9H2,1H3,(H,13,16)(H,14,15). The van der Waals surface area contributed by atoms with Gasteiger partial charge in [0.05, 0.1) is 13.2 Å². The van der Waals surface area contributed by atoms with Crippen LogP contribution in [0.1, 0.15) is 6.92 Å². The van der Waals surface area contributed by atoms with Gasteiger partial charge in [-0.3, -0.25) is 14.4 Å². The van der Waals surface area contributed by atoms with E-state index in [4.69, 9.17) is 4.74 Å². The van der Waals surface area contributed by atoms with Crippen molar-refractivity contribution in [1.82, 2.24) is 10.8 Å². The molecule has 2 amide bonds. The Kier molecular flexibility index (Phi) is 6.27. The van der Waals surface area contributed by atoms with Gasteiger partial charge in [0, 0.05) is 0 Å². The number of rotatable bonds is 7. The molecule has 1 aromatic carbocycles. The lowest BCUT2D eigenvalue weighted by Crippen LogP contribution is -2.38. The average molecular weight is 252 g/mol. The summed E-state index contributed by atoms with van der Waals surface area (Å²) in [5, 5.41) is 2.41. The maximum absolute atomic E-state index is 11.3. The lowest BCUT2D eigenvalue weighted by atomic mass is 10.3. The molecule has 0 radical (unpaired) electrons. The summed E-state index contributed by atoms with van der Waals surface area (Å²) in [4.78, 5) is 27.1. The zero-order chi connectivity index (χ0) is 13.2. The van der Waals surface area contributed by atoms with Crippen LogP contribution in [0.2, 0.25) is 0 Å². The Labute approximate surface area is 105 Å². The Morgan fingerprint density at radius 2 is 1.89 bits per heavy atom. The summed E-state index contributed by atoms with van der Waals surface area (Å²) in [7, 11) is 0. The molecule has 0 spiro atoms. The number of hydroxylamine groups is 1. The number of carbonyl (C=O) groups excluding carboxylic acids is 2. The quantitative estimate of drug-likeness (QED) is 0.682. The number of benzene rings is 1. The minimum Gasteiger partial charge on any atom is -0.484 e. The highest BCUT2D eigenvalue weighted by molar-refractivity contribution is 5.84. The molecule has 0 aliphatic rings. The summed E-state index contributed by atoms with van der Waals surface area (Å²) in [5.41, 5.74) is 2.17. The van der Waals surface area contributed by atoms with Gasteiger partial charge in [-0.15, -0.1) is 0 Å². The molecule has 6 heteroatoms. The summed E-state index contributed by atoms with van der Waals surface area (Å²) in [6.45, 7) is 1.84. The van der Waals surface area contributed by atoms with Gasteiger partial charge in [-0.05, 0) is 19.1 Å². The first-order valence-corrected chi connectivity index (χ1v) is 5.57. The number of hydrogen-bond donors (Lipinski definition) is 2. The monoisotopic (exact) mass is 252 g/mol. The zero-order valence-corrected chi connectivity index (χ0v) is 10.1. The summed E-state index contributed by atoms with van der Waals surface area (Å²) < 4.78 is 5.21. The maximum atomic E-state index is 11.3. The molecular formula is C12H16N2O4. The summed E-state index contributed by atoms with van der Waals surface area (Å²) in [6.07, 6.45) is 0. The van der Waals surface area contributed by atoms with Crippen LogP contribution in [0.5, 0.6) is 5.75 Å². The molecule has 0 aliphatic carbocycles. The summed E-state index contributed by atoms with van der Waals surface area (Å²) in [5.74, 6) is -0.179. The molecular weight excluding hydrogens is 236 g/mol. The van der Waals surface area contributed by atoms with E-state index in [1.807, 2.05) is 18.2 Å². The van der Waals surface area contributed by atoms with Gasteiger partial charge in [0.2, 0.25) is 0 Å². The minimum absolute atomic E-state index is 0.133. The molecule has 0 unspecified atom stereocenters. The minimum atomic E-state index is -0.412. The molecule has 1 aromatic rings. The Morgan fingerprint density at radius 3 is 2.56 bits per heavy atom. The molecule has 98 valence electrons. The molecule has 0 heterocycles. The molecule has 18 heavy (non-hydrogen) atoms. The number of nitrogens with one attached hydrogen (secondary N) is 2. The first-order chi connectivity index (χ1) is 8.72. The Bertz CT molecular complexity index is 381. The lowest BCUT2D eigenvalue weighted by Gasteiger charge is -2.07. The molecule has 0 saturated carbocycles. The van der Waals surface area contributed by atoms with Gasteiger partial charge >= 0.3 is 0 Å². The largest absolute Gasteiger partial charge is 0.484 e. The Morgan fingerprint density at radius 1 is 1.17 bits per heavy atom. The second-order valence-electron chi connectivity index (χ2n) is 3.34. The van der Waals surface area contributed by atoms with Crippen molar-refractivity contribution in [2.45, 2.75) is 6.92 Å². The van der Waals surface area contributed by atoms with E-state index in [-0.39, 0.29) is 19.1 Å². The Balaban J connectivity index is 2.16. The van der Waals surface area contributed by atoms with Crippen LogP contribution in [0.25, 0.3) is 0 Å². The van der Waals surface area contributed by atoms with E-state index < -0.39 is 5.91 Å². The second kappa shape index (κ2) is 8.08. The normalized spacial score (nSPS) is 9.61. The molecule has 0 saturated heterocycles. The van der Waals surface area contributed by atoms with E-state index >= 15 is 0 Å². The lowest BCUT2D eigenvalue weighted by molar-refractivity contribution is -0.134. The second-order valence-corrected chi connectivity index (χ2v) is 3.34. The average Bonchev–Trinajstić information content (AvgIpc) is 2.41. The third kappa shape index (κ3) is 5.86. The molecule has 0 atom stereocenters. The van der Waals surface area contributed by atoms with E-state index in [9.17, 15) is 9.59 Å². The van der Waals surface area contributed by atoms with Crippen molar-refractivity contribution in [3.8, 4) is 5.75 Å². The molecule has 0 aromatic heterocycles. The molecule has 2 N–H and O–H groups in total.